The molecule has 0 amide bonds. The van der Waals surface area contributed by atoms with E-state index in [1.54, 1.807) is 18.2 Å². The van der Waals surface area contributed by atoms with Crippen molar-refractivity contribution in [3.8, 4) is 6.07 Å². The van der Waals surface area contributed by atoms with Crippen molar-refractivity contribution in [1.29, 1.82) is 5.26 Å². The van der Waals surface area contributed by atoms with Crippen LogP contribution in [-0.2, 0) is 9.84 Å². The molecular weight excluding hydrogens is 238 g/mol. The summed E-state index contributed by atoms with van der Waals surface area (Å²) in [6, 6.07) is 7.27. The van der Waals surface area contributed by atoms with Crippen molar-refractivity contribution in [1.82, 2.24) is 4.98 Å². The summed E-state index contributed by atoms with van der Waals surface area (Å²) in [4.78, 5) is 4.10. The van der Waals surface area contributed by atoms with E-state index < -0.39 is 9.84 Å². The highest BCUT2D eigenvalue weighted by molar-refractivity contribution is 7.91. The number of hydrogen-bond acceptors (Lipinski definition) is 5. The van der Waals surface area contributed by atoms with Gasteiger partial charge in [0, 0.05) is 6.04 Å². The average molecular weight is 251 g/mol. The van der Waals surface area contributed by atoms with Crippen molar-refractivity contribution in [2.75, 3.05) is 16.8 Å². The molecule has 1 fully saturated rings. The third-order valence-corrected chi connectivity index (χ3v) is 4.49. The second-order valence-corrected chi connectivity index (χ2v) is 6.39. The molecule has 1 saturated heterocycles. The van der Waals surface area contributed by atoms with Crippen LogP contribution < -0.4 is 5.32 Å². The van der Waals surface area contributed by atoms with Crippen molar-refractivity contribution < 1.29 is 8.42 Å². The van der Waals surface area contributed by atoms with Crippen molar-refractivity contribution in [3.05, 3.63) is 23.9 Å². The molecule has 0 aromatic carbocycles. The lowest BCUT2D eigenvalue weighted by Gasteiger charge is -2.23. The Morgan fingerprint density at radius 3 is 2.71 bits per heavy atom. The highest BCUT2D eigenvalue weighted by Crippen LogP contribution is 2.16. The Kier molecular flexibility index (Phi) is 3.29. The van der Waals surface area contributed by atoms with E-state index in [0.29, 0.717) is 24.4 Å². The average Bonchev–Trinajstić information content (AvgIpc) is 2.32. The van der Waals surface area contributed by atoms with Gasteiger partial charge < -0.3 is 5.32 Å². The lowest BCUT2D eigenvalue weighted by Crippen LogP contribution is -2.32. The molecule has 1 aromatic rings. The van der Waals surface area contributed by atoms with Crippen LogP contribution >= 0.6 is 0 Å². The summed E-state index contributed by atoms with van der Waals surface area (Å²) in [6.07, 6.45) is 1.20. The molecule has 0 spiro atoms. The minimum atomic E-state index is -2.83. The monoisotopic (exact) mass is 251 g/mol. The molecule has 1 N–H and O–H groups in total. The molecule has 17 heavy (non-hydrogen) atoms. The van der Waals surface area contributed by atoms with Crippen LogP contribution in [-0.4, -0.2) is 30.9 Å². The van der Waals surface area contributed by atoms with Gasteiger partial charge in [0.1, 0.15) is 27.4 Å². The van der Waals surface area contributed by atoms with Crippen molar-refractivity contribution >= 4 is 15.7 Å². The molecule has 5 nitrogen and oxygen atoms in total. The third-order valence-electron chi connectivity index (χ3n) is 2.77. The van der Waals surface area contributed by atoms with Crippen LogP contribution in [0.5, 0.6) is 0 Å². The van der Waals surface area contributed by atoms with Gasteiger partial charge in [0.2, 0.25) is 0 Å². The zero-order chi connectivity index (χ0) is 12.3. The van der Waals surface area contributed by atoms with Gasteiger partial charge in [0.25, 0.3) is 0 Å². The van der Waals surface area contributed by atoms with E-state index >= 15 is 0 Å². The Balaban J connectivity index is 2.00. The standard InChI is InChI=1S/C11H13N3O2S/c12-8-10-2-1-3-11(14-10)13-9-4-6-17(15,16)7-5-9/h1-3,9H,4-7H2,(H,13,14). The summed E-state index contributed by atoms with van der Waals surface area (Å²) in [6.45, 7) is 0. The number of nitriles is 1. The van der Waals surface area contributed by atoms with E-state index in [2.05, 4.69) is 10.3 Å². The van der Waals surface area contributed by atoms with Crippen LogP contribution in [0.3, 0.4) is 0 Å². The number of rotatable bonds is 2. The fourth-order valence-corrected chi connectivity index (χ4v) is 3.31. The predicted octanol–water partition coefficient (Wildman–Crippen LogP) is 0.942. The van der Waals surface area contributed by atoms with Crippen LogP contribution in [0.15, 0.2) is 18.2 Å². The highest BCUT2D eigenvalue weighted by atomic mass is 32.2. The summed E-state index contributed by atoms with van der Waals surface area (Å²) < 4.78 is 22.5. The number of nitrogens with zero attached hydrogens (tertiary/aromatic N) is 2. The summed E-state index contributed by atoms with van der Waals surface area (Å²) in [5, 5.41) is 11.9. The van der Waals surface area contributed by atoms with Crippen LogP contribution in [0.1, 0.15) is 18.5 Å². The van der Waals surface area contributed by atoms with E-state index in [1.807, 2.05) is 6.07 Å². The smallest absolute Gasteiger partial charge is 0.150 e. The number of pyridine rings is 1. The maximum absolute atomic E-state index is 11.3. The maximum atomic E-state index is 11.3. The minimum absolute atomic E-state index is 0.125. The van der Waals surface area contributed by atoms with Gasteiger partial charge in [-0.15, -0.1) is 0 Å². The molecule has 6 heteroatoms. The van der Waals surface area contributed by atoms with E-state index in [-0.39, 0.29) is 17.5 Å². The zero-order valence-corrected chi connectivity index (χ0v) is 10.1. The van der Waals surface area contributed by atoms with Crippen molar-refractivity contribution in [2.24, 2.45) is 0 Å². The fourth-order valence-electron chi connectivity index (χ4n) is 1.82. The van der Waals surface area contributed by atoms with Crippen LogP contribution in [0.2, 0.25) is 0 Å². The lowest BCUT2D eigenvalue weighted by atomic mass is 10.1. The van der Waals surface area contributed by atoms with Gasteiger partial charge in [-0.3, -0.25) is 0 Å². The summed E-state index contributed by atoms with van der Waals surface area (Å²) in [5.74, 6) is 1.08. The molecule has 0 unspecified atom stereocenters. The molecule has 0 saturated carbocycles. The second-order valence-electron chi connectivity index (χ2n) is 4.09. The van der Waals surface area contributed by atoms with Crippen LogP contribution in [0.25, 0.3) is 0 Å². The number of aromatic nitrogens is 1. The molecule has 2 heterocycles. The zero-order valence-electron chi connectivity index (χ0n) is 9.26. The topological polar surface area (TPSA) is 82.9 Å². The number of anilines is 1. The Morgan fingerprint density at radius 2 is 2.06 bits per heavy atom. The second kappa shape index (κ2) is 4.72. The summed E-state index contributed by atoms with van der Waals surface area (Å²) >= 11 is 0. The quantitative estimate of drug-likeness (QED) is 0.845. The molecule has 2 rings (SSSR count). The lowest BCUT2D eigenvalue weighted by molar-refractivity contribution is 0.559. The first-order chi connectivity index (χ1) is 8.09. The van der Waals surface area contributed by atoms with Gasteiger partial charge in [0.05, 0.1) is 11.5 Å². The highest BCUT2D eigenvalue weighted by Gasteiger charge is 2.23. The third kappa shape index (κ3) is 3.17. The van der Waals surface area contributed by atoms with Crippen molar-refractivity contribution in [2.45, 2.75) is 18.9 Å². The molecule has 1 aliphatic heterocycles. The minimum Gasteiger partial charge on any atom is -0.367 e. The van der Waals surface area contributed by atoms with Crippen molar-refractivity contribution in [3.63, 3.8) is 0 Å². The number of hydrogen-bond donors (Lipinski definition) is 1. The Morgan fingerprint density at radius 1 is 1.35 bits per heavy atom. The van der Waals surface area contributed by atoms with Gasteiger partial charge in [-0.2, -0.15) is 5.26 Å². The number of sulfone groups is 1. The Hall–Kier alpha value is -1.61. The first-order valence-corrected chi connectivity index (χ1v) is 7.25. The first kappa shape index (κ1) is 11.9. The Labute approximate surface area is 100 Å². The molecule has 1 aromatic heterocycles. The fraction of sp³-hybridized carbons (Fsp3) is 0.455. The molecule has 0 aliphatic carbocycles. The van der Waals surface area contributed by atoms with Gasteiger partial charge >= 0.3 is 0 Å². The molecule has 1 aliphatic rings. The molecule has 0 radical (unpaired) electrons. The normalized spacial score (nSPS) is 19.5. The van der Waals surface area contributed by atoms with Gasteiger partial charge in [-0.1, -0.05) is 6.07 Å². The largest absolute Gasteiger partial charge is 0.367 e. The van der Waals surface area contributed by atoms with E-state index in [0.717, 1.165) is 0 Å². The van der Waals surface area contributed by atoms with Crippen LogP contribution in [0.4, 0.5) is 5.82 Å². The summed E-state index contributed by atoms with van der Waals surface area (Å²) in [5.41, 5.74) is 0.360. The SMILES string of the molecule is N#Cc1cccc(NC2CCS(=O)(=O)CC2)n1. The molecule has 0 bridgehead atoms. The van der Waals surface area contributed by atoms with Crippen LogP contribution in [0, 0.1) is 11.3 Å². The predicted molar refractivity (Wildman–Crippen MR) is 64.3 cm³/mol. The van der Waals surface area contributed by atoms with E-state index in [4.69, 9.17) is 5.26 Å². The Bertz CT molecular complexity index is 534. The maximum Gasteiger partial charge on any atom is 0.150 e. The van der Waals surface area contributed by atoms with Gasteiger partial charge in [-0.05, 0) is 25.0 Å². The first-order valence-electron chi connectivity index (χ1n) is 5.43. The molecular formula is C11H13N3O2S. The molecule has 0 atom stereocenters. The molecule has 90 valence electrons. The van der Waals surface area contributed by atoms with E-state index in [9.17, 15) is 8.42 Å². The van der Waals surface area contributed by atoms with Gasteiger partial charge in [-0.25, -0.2) is 13.4 Å². The van der Waals surface area contributed by atoms with E-state index in [1.165, 1.54) is 0 Å². The summed E-state index contributed by atoms with van der Waals surface area (Å²) in [7, 11) is -2.83. The van der Waals surface area contributed by atoms with Gasteiger partial charge in [0.15, 0.2) is 0 Å². The number of nitrogens with one attached hydrogen (secondary N) is 1.